The number of nitrogens with zero attached hydrogens (tertiary/aromatic N) is 3. The van der Waals surface area contributed by atoms with Crippen LogP contribution < -0.4 is 15.9 Å². The molecule has 1 aliphatic carbocycles. The van der Waals surface area contributed by atoms with E-state index in [1.165, 1.54) is 6.07 Å². The highest BCUT2D eigenvalue weighted by atomic mass is 19.4. The highest BCUT2D eigenvalue weighted by Gasteiger charge is 2.43. The van der Waals surface area contributed by atoms with Gasteiger partial charge < -0.3 is 10.2 Å². The molecule has 4 rings (SSSR count). The van der Waals surface area contributed by atoms with Crippen LogP contribution in [0, 0.1) is 6.92 Å². The van der Waals surface area contributed by atoms with Gasteiger partial charge in [0.15, 0.2) is 0 Å². The van der Waals surface area contributed by atoms with Gasteiger partial charge in [0.05, 0.1) is 16.1 Å². The summed E-state index contributed by atoms with van der Waals surface area (Å²) in [5.74, 6) is 1.20. The third-order valence-electron chi connectivity index (χ3n) is 5.23. The van der Waals surface area contributed by atoms with Crippen LogP contribution in [0.25, 0.3) is 12.3 Å². The average molecular weight is 386 g/mol. The lowest BCUT2D eigenvalue weighted by Crippen LogP contribution is -2.42. The van der Waals surface area contributed by atoms with Crippen molar-refractivity contribution in [1.29, 1.82) is 0 Å². The molecule has 1 saturated carbocycles. The minimum Gasteiger partial charge on any atom is -0.365 e. The van der Waals surface area contributed by atoms with Gasteiger partial charge in [-0.15, -0.1) is 0 Å². The van der Waals surface area contributed by atoms with Crippen molar-refractivity contribution in [3.8, 4) is 0 Å². The van der Waals surface area contributed by atoms with Crippen molar-refractivity contribution in [3.05, 3.63) is 64.1 Å². The van der Waals surface area contributed by atoms with Gasteiger partial charge in [-0.05, 0) is 50.5 Å². The summed E-state index contributed by atoms with van der Waals surface area (Å²) in [7, 11) is 0. The fraction of sp³-hybridized carbons (Fsp3) is 0.333. The van der Waals surface area contributed by atoms with Crippen LogP contribution in [-0.2, 0) is 12.7 Å². The lowest BCUT2D eigenvalue weighted by molar-refractivity contribution is -0.137. The molecule has 0 saturated heterocycles. The van der Waals surface area contributed by atoms with Crippen molar-refractivity contribution in [2.45, 2.75) is 44.9 Å². The predicted molar refractivity (Wildman–Crippen MR) is 102 cm³/mol. The molecule has 146 valence electrons. The van der Waals surface area contributed by atoms with Gasteiger partial charge in [0, 0.05) is 24.0 Å². The summed E-state index contributed by atoms with van der Waals surface area (Å²) in [6.45, 7) is 8.34. The quantitative estimate of drug-likeness (QED) is 0.875. The molecule has 1 N–H and O–H groups in total. The van der Waals surface area contributed by atoms with Crippen LogP contribution in [0.5, 0.6) is 0 Å². The van der Waals surface area contributed by atoms with E-state index in [9.17, 15) is 13.2 Å². The summed E-state index contributed by atoms with van der Waals surface area (Å²) < 4.78 is 38.8. The van der Waals surface area contributed by atoms with E-state index in [4.69, 9.17) is 0 Å². The number of hydrogen-bond acceptors (Lipinski definition) is 4. The Hall–Kier alpha value is -2.83. The molecule has 1 aromatic carbocycles. The number of aryl methyl sites for hydroxylation is 1. The SMILES string of the molecule is C=C1C=c2nc(C)nc(NCc3cccc(C(F)(F)F)c3)c2=CN1C1(C)CC1. The highest BCUT2D eigenvalue weighted by Crippen LogP contribution is 2.43. The predicted octanol–water partition coefficient (Wildman–Crippen LogP) is 3.32. The molecule has 28 heavy (non-hydrogen) atoms. The van der Waals surface area contributed by atoms with Crippen molar-refractivity contribution in [1.82, 2.24) is 14.9 Å². The lowest BCUT2D eigenvalue weighted by Gasteiger charge is -2.30. The molecule has 1 fully saturated rings. The Bertz CT molecular complexity index is 1070. The zero-order valence-corrected chi connectivity index (χ0v) is 15.8. The first kappa shape index (κ1) is 18.5. The zero-order chi connectivity index (χ0) is 20.1. The number of alkyl halides is 3. The maximum absolute atomic E-state index is 12.9. The fourth-order valence-corrected chi connectivity index (χ4v) is 3.38. The summed E-state index contributed by atoms with van der Waals surface area (Å²) in [5.41, 5.74) is 0.829. The first-order valence-electron chi connectivity index (χ1n) is 9.12. The molecule has 2 aliphatic rings. The van der Waals surface area contributed by atoms with E-state index in [1.807, 2.05) is 12.3 Å². The molecule has 0 unspecified atom stereocenters. The summed E-state index contributed by atoms with van der Waals surface area (Å²) in [6, 6.07) is 5.31. The van der Waals surface area contributed by atoms with Gasteiger partial charge in [0.25, 0.3) is 0 Å². The molecule has 1 aromatic heterocycles. The highest BCUT2D eigenvalue weighted by molar-refractivity contribution is 5.57. The average Bonchev–Trinajstić information content (AvgIpc) is 3.37. The van der Waals surface area contributed by atoms with Crippen molar-refractivity contribution < 1.29 is 13.2 Å². The number of allylic oxidation sites excluding steroid dienone is 1. The van der Waals surface area contributed by atoms with E-state index in [-0.39, 0.29) is 12.1 Å². The number of rotatable bonds is 4. The Morgan fingerprint density at radius 1 is 1.25 bits per heavy atom. The summed E-state index contributed by atoms with van der Waals surface area (Å²) in [6.07, 6.45) is 1.75. The molecule has 0 atom stereocenters. The number of anilines is 1. The largest absolute Gasteiger partial charge is 0.416 e. The van der Waals surface area contributed by atoms with E-state index in [2.05, 4.69) is 33.7 Å². The Balaban J connectivity index is 1.67. The van der Waals surface area contributed by atoms with Crippen LogP contribution in [0.4, 0.5) is 19.0 Å². The van der Waals surface area contributed by atoms with Crippen LogP contribution in [0.1, 0.15) is 36.7 Å². The molecule has 0 amide bonds. The minimum atomic E-state index is -4.36. The maximum atomic E-state index is 12.9. The Labute approximate surface area is 161 Å². The van der Waals surface area contributed by atoms with Gasteiger partial charge in [0.1, 0.15) is 11.6 Å². The number of fused-ring (bicyclic) bond motifs is 1. The first-order valence-corrected chi connectivity index (χ1v) is 9.12. The standard InChI is InChI=1S/C21H21F3N4/c1-13-9-18-17(12-28(13)20(3)7-8-20)19(27-14(2)26-18)25-11-15-5-4-6-16(10-15)21(22,23)24/h4-6,9-10,12H,1,7-8,11H2,2-3H3,(H,25,26,27). The number of halogens is 3. The van der Waals surface area contributed by atoms with Gasteiger partial charge in [-0.1, -0.05) is 18.7 Å². The zero-order valence-electron chi connectivity index (χ0n) is 15.8. The van der Waals surface area contributed by atoms with Gasteiger partial charge >= 0.3 is 6.18 Å². The topological polar surface area (TPSA) is 41.1 Å². The van der Waals surface area contributed by atoms with Crippen LogP contribution in [0.15, 0.2) is 36.5 Å². The Kier molecular flexibility index (Phi) is 4.21. The van der Waals surface area contributed by atoms with Crippen molar-refractivity contribution in [2.75, 3.05) is 5.32 Å². The summed E-state index contributed by atoms with van der Waals surface area (Å²) >= 11 is 0. The molecular formula is C21H21F3N4. The van der Waals surface area contributed by atoms with Crippen LogP contribution in [-0.4, -0.2) is 20.4 Å². The van der Waals surface area contributed by atoms with Crippen LogP contribution in [0.2, 0.25) is 0 Å². The fourth-order valence-electron chi connectivity index (χ4n) is 3.38. The van der Waals surface area contributed by atoms with Crippen LogP contribution in [0.3, 0.4) is 0 Å². The maximum Gasteiger partial charge on any atom is 0.416 e. The van der Waals surface area contributed by atoms with Gasteiger partial charge in [-0.2, -0.15) is 13.2 Å². The van der Waals surface area contributed by atoms with Crippen molar-refractivity contribution >= 4 is 18.1 Å². The van der Waals surface area contributed by atoms with E-state index in [0.717, 1.165) is 41.2 Å². The molecule has 7 heteroatoms. The Morgan fingerprint density at radius 2 is 2.00 bits per heavy atom. The second kappa shape index (κ2) is 6.36. The summed E-state index contributed by atoms with van der Waals surface area (Å²) in [5, 5.41) is 4.79. The lowest BCUT2D eigenvalue weighted by atomic mass is 10.1. The second-order valence-electron chi connectivity index (χ2n) is 7.60. The minimum absolute atomic E-state index is 0.0640. The monoisotopic (exact) mass is 386 g/mol. The third-order valence-corrected chi connectivity index (χ3v) is 5.23. The molecule has 1 aliphatic heterocycles. The smallest absolute Gasteiger partial charge is 0.365 e. The molecular weight excluding hydrogens is 365 g/mol. The van der Waals surface area contributed by atoms with E-state index < -0.39 is 11.7 Å². The van der Waals surface area contributed by atoms with E-state index in [0.29, 0.717) is 17.2 Å². The van der Waals surface area contributed by atoms with Gasteiger partial charge in [0.2, 0.25) is 0 Å². The molecule has 0 bridgehead atoms. The normalized spacial score (nSPS) is 17.5. The van der Waals surface area contributed by atoms with Gasteiger partial charge in [-0.25, -0.2) is 9.97 Å². The van der Waals surface area contributed by atoms with Crippen LogP contribution >= 0.6 is 0 Å². The second-order valence-corrected chi connectivity index (χ2v) is 7.60. The number of nitrogens with one attached hydrogen (secondary N) is 1. The molecule has 2 aromatic rings. The molecule has 0 spiro atoms. The van der Waals surface area contributed by atoms with E-state index in [1.54, 1.807) is 13.0 Å². The molecule has 0 radical (unpaired) electrons. The van der Waals surface area contributed by atoms with Crippen molar-refractivity contribution in [2.24, 2.45) is 0 Å². The molecule has 4 nitrogen and oxygen atoms in total. The summed E-state index contributed by atoms with van der Waals surface area (Å²) in [4.78, 5) is 11.1. The first-order chi connectivity index (χ1) is 13.2. The Morgan fingerprint density at radius 3 is 2.68 bits per heavy atom. The van der Waals surface area contributed by atoms with E-state index >= 15 is 0 Å². The number of aromatic nitrogens is 2. The number of benzene rings is 1. The van der Waals surface area contributed by atoms with Crippen molar-refractivity contribution in [3.63, 3.8) is 0 Å². The number of hydrogen-bond donors (Lipinski definition) is 1. The van der Waals surface area contributed by atoms with Gasteiger partial charge in [-0.3, -0.25) is 0 Å². The third kappa shape index (κ3) is 3.48. The molecule has 2 heterocycles.